The van der Waals surface area contributed by atoms with Crippen molar-refractivity contribution in [3.63, 3.8) is 0 Å². The van der Waals surface area contributed by atoms with E-state index < -0.39 is 22.8 Å². The average molecular weight is 248 g/mol. The van der Waals surface area contributed by atoms with E-state index in [-0.39, 0.29) is 41.9 Å². The Morgan fingerprint density at radius 2 is 1.94 bits per heavy atom. The average Bonchev–Trinajstić information content (AvgIpc) is 2.24. The van der Waals surface area contributed by atoms with Crippen molar-refractivity contribution >= 4 is 11.9 Å². The van der Waals surface area contributed by atoms with E-state index in [1.165, 1.54) is 7.11 Å². The summed E-state index contributed by atoms with van der Waals surface area (Å²) in [5.41, 5.74) is -2.32. The topological polar surface area (TPSA) is 66.4 Å². The summed E-state index contributed by atoms with van der Waals surface area (Å²) >= 11 is 0. The van der Waals surface area contributed by atoms with Gasteiger partial charge in [-0.1, -0.05) is 26.0 Å². The van der Waals surface area contributed by atoms with Crippen LogP contribution in [0.1, 0.15) is 27.2 Å². The molecule has 1 rings (SSSR count). The minimum atomic E-state index is -1.23. The molecule has 0 saturated carbocycles. The van der Waals surface area contributed by atoms with E-state index in [0.29, 0.717) is 0 Å². The molecule has 5 heteroatoms. The Morgan fingerprint density at radius 3 is 2.35 bits per heavy atom. The third kappa shape index (κ3) is 2.30. The summed E-state index contributed by atoms with van der Waals surface area (Å²) in [6, 6.07) is 0. The van der Waals surface area contributed by atoms with Gasteiger partial charge < -0.3 is 14.6 Å². The van der Waals surface area contributed by atoms with Crippen LogP contribution in [0.2, 0.25) is 0 Å². The van der Waals surface area contributed by atoms with Crippen LogP contribution in [0.25, 0.3) is 0 Å². The summed E-state index contributed by atoms with van der Waals surface area (Å²) in [5, 5.41) is 11.3. The van der Waals surface area contributed by atoms with Crippen molar-refractivity contribution in [2.45, 2.75) is 27.2 Å². The molecule has 0 fully saturated rings. The number of ether oxygens (including phenoxy) is 1. The minimum absolute atomic E-state index is 0. The van der Waals surface area contributed by atoms with E-state index >= 15 is 0 Å². The molecule has 0 spiro atoms. The van der Waals surface area contributed by atoms with Gasteiger partial charge in [0.2, 0.25) is 0 Å². The number of carbonyl (C=O) groups excluding carboxylic acids is 2. The van der Waals surface area contributed by atoms with Gasteiger partial charge in [0.1, 0.15) is 0 Å². The van der Waals surface area contributed by atoms with Gasteiger partial charge in [0.15, 0.2) is 0 Å². The van der Waals surface area contributed by atoms with Gasteiger partial charge in [0.05, 0.1) is 12.5 Å². The molecule has 17 heavy (non-hydrogen) atoms. The van der Waals surface area contributed by atoms with Crippen LogP contribution in [0.5, 0.6) is 0 Å². The molecule has 0 saturated heterocycles. The number of carboxylic acid groups (broad SMARTS) is 1. The molecule has 0 aromatic heterocycles. The molecule has 0 aliphatic heterocycles. The van der Waals surface area contributed by atoms with Gasteiger partial charge in [0.25, 0.3) is 0 Å². The molecule has 0 N–H and O–H groups in total. The van der Waals surface area contributed by atoms with Crippen molar-refractivity contribution < 1.29 is 49.0 Å². The molecule has 4 nitrogen and oxygen atoms in total. The smallest absolute Gasteiger partial charge is 0.550 e. The van der Waals surface area contributed by atoms with Crippen LogP contribution in [-0.2, 0) is 14.3 Å². The number of allylic oxidation sites excluding steroid dienone is 2. The van der Waals surface area contributed by atoms with Gasteiger partial charge in [0, 0.05) is 11.4 Å². The quantitative estimate of drug-likeness (QED) is 0.308. The number of carboxylic acids is 1. The molecule has 90 valence electrons. The zero-order valence-corrected chi connectivity index (χ0v) is 13.1. The second kappa shape index (κ2) is 5.55. The Labute approximate surface area is 124 Å². The Bertz CT molecular complexity index is 352. The molecule has 0 heterocycles. The van der Waals surface area contributed by atoms with Crippen molar-refractivity contribution in [3.8, 4) is 0 Å². The number of aliphatic carboxylic acids is 1. The van der Waals surface area contributed by atoms with E-state index in [1.807, 2.05) is 13.0 Å². The molecule has 0 amide bonds. The fraction of sp³-hybridized carbons (Fsp3) is 0.667. The molecule has 3 atom stereocenters. The first-order chi connectivity index (χ1) is 7.30. The normalized spacial score (nSPS) is 35.9. The fourth-order valence-electron chi connectivity index (χ4n) is 2.33. The van der Waals surface area contributed by atoms with Gasteiger partial charge in [-0.3, -0.25) is 4.79 Å². The van der Waals surface area contributed by atoms with Crippen LogP contribution in [0.4, 0.5) is 0 Å². The van der Waals surface area contributed by atoms with Crippen LogP contribution in [0.3, 0.4) is 0 Å². The maximum Gasteiger partial charge on any atom is 1.00 e. The van der Waals surface area contributed by atoms with E-state index in [1.54, 1.807) is 19.9 Å². The number of rotatable bonds is 2. The standard InChI is InChI=1S/C12H18O4.Na/c1-8-6-5-7-11(2,9(13)14)12(8,3)10(15)16-4;/h5-6,8H,7H2,1-4H3,(H,13,14);/q;+1/p-1. The third-order valence-electron chi connectivity index (χ3n) is 4.07. The van der Waals surface area contributed by atoms with Crippen LogP contribution in [0.15, 0.2) is 12.2 Å². The summed E-state index contributed by atoms with van der Waals surface area (Å²) < 4.78 is 4.74. The Morgan fingerprint density at radius 1 is 1.41 bits per heavy atom. The zero-order chi connectivity index (χ0) is 12.6. The maximum atomic E-state index is 11.9. The van der Waals surface area contributed by atoms with Gasteiger partial charge in [-0.05, 0) is 19.3 Å². The molecule has 1 aliphatic carbocycles. The van der Waals surface area contributed by atoms with Crippen LogP contribution >= 0.6 is 0 Å². The van der Waals surface area contributed by atoms with Crippen LogP contribution in [0, 0.1) is 16.7 Å². The third-order valence-corrected chi connectivity index (χ3v) is 4.07. The molecular weight excluding hydrogens is 231 g/mol. The number of hydrogen-bond acceptors (Lipinski definition) is 4. The van der Waals surface area contributed by atoms with Gasteiger partial charge in [-0.2, -0.15) is 0 Å². The summed E-state index contributed by atoms with van der Waals surface area (Å²) in [6.45, 7) is 4.98. The molecule has 0 aromatic carbocycles. The molecule has 3 unspecified atom stereocenters. The molecular formula is C12H17NaO4. The first-order valence-corrected chi connectivity index (χ1v) is 5.27. The maximum absolute atomic E-state index is 11.9. The second-order valence-electron chi connectivity index (χ2n) is 4.73. The summed E-state index contributed by atoms with van der Waals surface area (Å²) in [7, 11) is 1.27. The molecule has 0 bridgehead atoms. The van der Waals surface area contributed by atoms with Crippen molar-refractivity contribution in [2.24, 2.45) is 16.7 Å². The SMILES string of the molecule is COC(=O)C1(C)C(C)C=CCC1(C)C(=O)[O-].[Na+]. The van der Waals surface area contributed by atoms with E-state index in [9.17, 15) is 14.7 Å². The van der Waals surface area contributed by atoms with E-state index in [2.05, 4.69) is 0 Å². The largest absolute Gasteiger partial charge is 1.00 e. The zero-order valence-electron chi connectivity index (χ0n) is 11.1. The Balaban J connectivity index is 0.00000256. The number of esters is 1. The molecule has 0 aromatic rings. The van der Waals surface area contributed by atoms with E-state index in [0.717, 1.165) is 0 Å². The van der Waals surface area contributed by atoms with Crippen LogP contribution < -0.4 is 34.7 Å². The Hall–Kier alpha value is -0.320. The van der Waals surface area contributed by atoms with Crippen molar-refractivity contribution in [1.82, 2.24) is 0 Å². The Kier molecular flexibility index (Phi) is 5.44. The van der Waals surface area contributed by atoms with Crippen molar-refractivity contribution in [2.75, 3.05) is 7.11 Å². The first-order valence-electron chi connectivity index (χ1n) is 5.27. The number of hydrogen-bond donors (Lipinski definition) is 0. The summed E-state index contributed by atoms with van der Waals surface area (Å²) in [6.07, 6.45) is 3.91. The van der Waals surface area contributed by atoms with Gasteiger partial charge in [-0.25, -0.2) is 0 Å². The number of carbonyl (C=O) groups is 2. The predicted octanol–water partition coefficient (Wildman–Crippen LogP) is -2.48. The summed E-state index contributed by atoms with van der Waals surface area (Å²) in [4.78, 5) is 23.2. The molecule has 0 radical (unpaired) electrons. The van der Waals surface area contributed by atoms with Crippen molar-refractivity contribution in [3.05, 3.63) is 12.2 Å². The van der Waals surface area contributed by atoms with Crippen molar-refractivity contribution in [1.29, 1.82) is 0 Å². The monoisotopic (exact) mass is 248 g/mol. The second-order valence-corrected chi connectivity index (χ2v) is 4.73. The fourth-order valence-corrected chi connectivity index (χ4v) is 2.33. The predicted molar refractivity (Wildman–Crippen MR) is 56.2 cm³/mol. The summed E-state index contributed by atoms with van der Waals surface area (Å²) in [5.74, 6) is -1.91. The van der Waals surface area contributed by atoms with E-state index in [4.69, 9.17) is 4.74 Å². The number of methoxy groups -OCH3 is 1. The van der Waals surface area contributed by atoms with Gasteiger partial charge >= 0.3 is 35.5 Å². The molecule has 1 aliphatic rings. The van der Waals surface area contributed by atoms with Gasteiger partial charge in [-0.15, -0.1) is 0 Å². The first kappa shape index (κ1) is 16.7. The minimum Gasteiger partial charge on any atom is -0.550 e. The van der Waals surface area contributed by atoms with Crippen LogP contribution in [-0.4, -0.2) is 19.0 Å².